The van der Waals surface area contributed by atoms with Crippen molar-refractivity contribution in [3.63, 3.8) is 0 Å². The van der Waals surface area contributed by atoms with E-state index in [-0.39, 0.29) is 6.10 Å². The molecule has 2 atom stereocenters. The quantitative estimate of drug-likeness (QED) is 0.894. The van der Waals surface area contributed by atoms with Crippen LogP contribution < -0.4 is 4.74 Å². The summed E-state index contributed by atoms with van der Waals surface area (Å²) in [4.78, 5) is 0. The van der Waals surface area contributed by atoms with E-state index in [9.17, 15) is 5.11 Å². The minimum absolute atomic E-state index is 0.266. The van der Waals surface area contributed by atoms with Gasteiger partial charge in [-0.25, -0.2) is 0 Å². The van der Waals surface area contributed by atoms with E-state index in [1.165, 1.54) is 7.11 Å². The highest BCUT2D eigenvalue weighted by Crippen LogP contribution is 2.35. The standard InChI is InChI=1S/C14H18Cl2O3/c1-18-14-8-11(15)10(7-12(14)16)13(17)5-4-9-3-2-6-19-9/h7-9,13,17H,2-6H2,1H3. The van der Waals surface area contributed by atoms with Crippen molar-refractivity contribution in [1.82, 2.24) is 0 Å². The number of rotatable bonds is 5. The van der Waals surface area contributed by atoms with Crippen molar-refractivity contribution in [2.24, 2.45) is 0 Å². The van der Waals surface area contributed by atoms with Gasteiger partial charge >= 0.3 is 0 Å². The average molecular weight is 305 g/mol. The molecule has 2 unspecified atom stereocenters. The van der Waals surface area contributed by atoms with Gasteiger partial charge in [-0.2, -0.15) is 0 Å². The van der Waals surface area contributed by atoms with E-state index >= 15 is 0 Å². The monoisotopic (exact) mass is 304 g/mol. The molecule has 1 aliphatic heterocycles. The Labute approximate surface area is 123 Å². The van der Waals surface area contributed by atoms with E-state index in [0.29, 0.717) is 27.8 Å². The number of hydrogen-bond acceptors (Lipinski definition) is 3. The summed E-state index contributed by atoms with van der Waals surface area (Å²) in [6.07, 6.45) is 3.27. The third-order valence-electron chi connectivity index (χ3n) is 3.42. The maximum absolute atomic E-state index is 10.2. The van der Waals surface area contributed by atoms with Gasteiger partial charge in [0.15, 0.2) is 0 Å². The highest BCUT2D eigenvalue weighted by Gasteiger charge is 2.20. The van der Waals surface area contributed by atoms with Crippen molar-refractivity contribution < 1.29 is 14.6 Å². The van der Waals surface area contributed by atoms with Crippen LogP contribution in [0.5, 0.6) is 5.75 Å². The molecule has 1 saturated heterocycles. The Bertz CT molecular complexity index is 431. The average Bonchev–Trinajstić information content (AvgIpc) is 2.91. The first-order chi connectivity index (χ1) is 9.11. The van der Waals surface area contributed by atoms with Crippen molar-refractivity contribution >= 4 is 23.2 Å². The van der Waals surface area contributed by atoms with Gasteiger partial charge in [-0.3, -0.25) is 0 Å². The number of methoxy groups -OCH3 is 1. The van der Waals surface area contributed by atoms with E-state index < -0.39 is 6.10 Å². The molecule has 0 saturated carbocycles. The molecule has 3 nitrogen and oxygen atoms in total. The summed E-state index contributed by atoms with van der Waals surface area (Å²) in [6, 6.07) is 3.30. The van der Waals surface area contributed by atoms with Crippen molar-refractivity contribution in [2.75, 3.05) is 13.7 Å². The van der Waals surface area contributed by atoms with Crippen molar-refractivity contribution in [3.8, 4) is 5.75 Å². The van der Waals surface area contributed by atoms with Gasteiger partial charge in [-0.05, 0) is 31.7 Å². The van der Waals surface area contributed by atoms with Gasteiger partial charge in [0.1, 0.15) is 5.75 Å². The lowest BCUT2D eigenvalue weighted by Crippen LogP contribution is -2.08. The molecule has 0 spiro atoms. The Balaban J connectivity index is 2.01. The topological polar surface area (TPSA) is 38.7 Å². The summed E-state index contributed by atoms with van der Waals surface area (Å²) in [5.74, 6) is 0.516. The van der Waals surface area contributed by atoms with Gasteiger partial charge in [0.05, 0.1) is 29.4 Å². The Morgan fingerprint density at radius 3 is 2.84 bits per heavy atom. The van der Waals surface area contributed by atoms with E-state index in [1.54, 1.807) is 12.1 Å². The summed E-state index contributed by atoms with van der Waals surface area (Å²) in [6.45, 7) is 0.829. The molecule has 0 radical (unpaired) electrons. The summed E-state index contributed by atoms with van der Waals surface area (Å²) >= 11 is 12.2. The SMILES string of the molecule is COc1cc(Cl)c(C(O)CCC2CCCO2)cc1Cl. The molecule has 1 aromatic rings. The van der Waals surface area contributed by atoms with Crippen LogP contribution in [0.15, 0.2) is 12.1 Å². The number of aliphatic hydroxyl groups excluding tert-OH is 1. The molecule has 1 aliphatic rings. The molecular formula is C14H18Cl2O3. The van der Waals surface area contributed by atoms with Crippen molar-refractivity contribution in [3.05, 3.63) is 27.7 Å². The van der Waals surface area contributed by atoms with Crippen LogP contribution in [0.4, 0.5) is 0 Å². The van der Waals surface area contributed by atoms with E-state index in [4.69, 9.17) is 32.7 Å². The van der Waals surface area contributed by atoms with Gasteiger partial charge in [-0.15, -0.1) is 0 Å². The fourth-order valence-electron chi connectivity index (χ4n) is 2.33. The predicted molar refractivity (Wildman–Crippen MR) is 76.2 cm³/mol. The molecule has 1 aromatic carbocycles. The largest absolute Gasteiger partial charge is 0.495 e. The first-order valence-electron chi connectivity index (χ1n) is 6.44. The van der Waals surface area contributed by atoms with Crippen LogP contribution in [0, 0.1) is 0 Å². The lowest BCUT2D eigenvalue weighted by atomic mass is 10.0. The molecule has 0 amide bonds. The summed E-state index contributed by atoms with van der Waals surface area (Å²) in [5, 5.41) is 11.1. The van der Waals surface area contributed by atoms with Crippen LogP contribution in [-0.4, -0.2) is 24.9 Å². The van der Waals surface area contributed by atoms with Crippen molar-refractivity contribution in [2.45, 2.75) is 37.9 Å². The van der Waals surface area contributed by atoms with Crippen LogP contribution >= 0.6 is 23.2 Å². The number of hydrogen-bond donors (Lipinski definition) is 1. The maximum Gasteiger partial charge on any atom is 0.138 e. The van der Waals surface area contributed by atoms with Gasteiger partial charge in [0.25, 0.3) is 0 Å². The summed E-state index contributed by atoms with van der Waals surface area (Å²) in [5.41, 5.74) is 0.644. The zero-order valence-corrected chi connectivity index (χ0v) is 12.4. The summed E-state index contributed by atoms with van der Waals surface area (Å²) in [7, 11) is 1.53. The van der Waals surface area contributed by atoms with Crippen LogP contribution in [-0.2, 0) is 4.74 Å². The van der Waals surface area contributed by atoms with Crippen LogP contribution in [0.3, 0.4) is 0 Å². The molecule has 19 heavy (non-hydrogen) atoms. The molecule has 0 aromatic heterocycles. The maximum atomic E-state index is 10.2. The molecule has 1 fully saturated rings. The lowest BCUT2D eigenvalue weighted by Gasteiger charge is -2.16. The predicted octanol–water partition coefficient (Wildman–Crippen LogP) is 3.99. The van der Waals surface area contributed by atoms with Crippen LogP contribution in [0.2, 0.25) is 10.0 Å². The third-order valence-corrected chi connectivity index (χ3v) is 4.04. The number of halogens is 2. The smallest absolute Gasteiger partial charge is 0.138 e. The van der Waals surface area contributed by atoms with Gasteiger partial charge in [0.2, 0.25) is 0 Å². The Kier molecular flexibility index (Phi) is 5.34. The van der Waals surface area contributed by atoms with E-state index in [1.807, 2.05) is 0 Å². The number of aliphatic hydroxyl groups is 1. The van der Waals surface area contributed by atoms with E-state index in [0.717, 1.165) is 25.9 Å². The van der Waals surface area contributed by atoms with Crippen LogP contribution in [0.25, 0.3) is 0 Å². The molecule has 1 N–H and O–H groups in total. The molecule has 0 bridgehead atoms. The minimum atomic E-state index is -0.625. The zero-order valence-electron chi connectivity index (χ0n) is 10.9. The third kappa shape index (κ3) is 3.76. The fraction of sp³-hybridized carbons (Fsp3) is 0.571. The Morgan fingerprint density at radius 1 is 1.42 bits per heavy atom. The molecule has 1 heterocycles. The van der Waals surface area contributed by atoms with Crippen LogP contribution in [0.1, 0.15) is 37.4 Å². The second-order valence-corrected chi connectivity index (χ2v) is 5.55. The summed E-state index contributed by atoms with van der Waals surface area (Å²) < 4.78 is 10.6. The number of benzene rings is 1. The highest BCUT2D eigenvalue weighted by atomic mass is 35.5. The molecule has 0 aliphatic carbocycles. The lowest BCUT2D eigenvalue weighted by molar-refractivity contribution is 0.0812. The van der Waals surface area contributed by atoms with Gasteiger partial charge in [-0.1, -0.05) is 23.2 Å². The Hall–Kier alpha value is -0.480. The van der Waals surface area contributed by atoms with E-state index in [2.05, 4.69) is 0 Å². The van der Waals surface area contributed by atoms with Crippen molar-refractivity contribution in [1.29, 1.82) is 0 Å². The molecular weight excluding hydrogens is 287 g/mol. The molecule has 5 heteroatoms. The van der Waals surface area contributed by atoms with Gasteiger partial charge < -0.3 is 14.6 Å². The number of ether oxygens (including phenoxy) is 2. The second-order valence-electron chi connectivity index (χ2n) is 4.74. The first kappa shape index (κ1) is 14.9. The van der Waals surface area contributed by atoms with Gasteiger partial charge in [0, 0.05) is 18.2 Å². The zero-order chi connectivity index (χ0) is 13.8. The minimum Gasteiger partial charge on any atom is -0.495 e. The second kappa shape index (κ2) is 6.80. The fourth-order valence-corrected chi connectivity index (χ4v) is 2.86. The molecule has 2 rings (SSSR count). The normalized spacial score (nSPS) is 20.5. The highest BCUT2D eigenvalue weighted by molar-refractivity contribution is 6.34. The molecule has 106 valence electrons. The first-order valence-corrected chi connectivity index (χ1v) is 7.20. The Morgan fingerprint density at radius 2 is 2.21 bits per heavy atom.